The largest absolute Gasteiger partial charge is 0.360 e. The van der Waals surface area contributed by atoms with Gasteiger partial charge in [-0.2, -0.15) is 0 Å². The number of fused-ring (bicyclic) bond motifs is 1. The fourth-order valence-corrected chi connectivity index (χ4v) is 2.46. The quantitative estimate of drug-likeness (QED) is 0.419. The van der Waals surface area contributed by atoms with Gasteiger partial charge in [0.2, 0.25) is 5.79 Å². The summed E-state index contributed by atoms with van der Waals surface area (Å²) in [6.07, 6.45) is 16.2. The summed E-state index contributed by atoms with van der Waals surface area (Å²) in [6.45, 7) is 8.23. The molecule has 0 saturated carbocycles. The van der Waals surface area contributed by atoms with Gasteiger partial charge in [0, 0.05) is 0 Å². The van der Waals surface area contributed by atoms with Crippen LogP contribution in [0.25, 0.3) is 0 Å². The third kappa shape index (κ3) is 3.33. The van der Waals surface area contributed by atoms with E-state index in [-0.39, 0.29) is 5.60 Å². The third-order valence-electron chi connectivity index (χ3n) is 3.60. The first kappa shape index (κ1) is 15.2. The van der Waals surface area contributed by atoms with Crippen molar-refractivity contribution in [1.82, 2.24) is 0 Å². The first-order valence-corrected chi connectivity index (χ1v) is 7.02. The highest BCUT2D eigenvalue weighted by Crippen LogP contribution is 2.53. The maximum atomic E-state index is 9.98. The van der Waals surface area contributed by atoms with Gasteiger partial charge in [0.25, 0.3) is 0 Å². The Kier molecular flexibility index (Phi) is 5.83. The van der Waals surface area contributed by atoms with Crippen LogP contribution in [0, 0.1) is 0 Å². The Balaban J connectivity index is 0.000000771. The molecular weight excluding hydrogens is 224 g/mol. The van der Waals surface area contributed by atoms with Gasteiger partial charge in [-0.05, 0) is 18.6 Å². The van der Waals surface area contributed by atoms with E-state index in [4.69, 9.17) is 4.74 Å². The Morgan fingerprint density at radius 3 is 2.28 bits per heavy atom. The molecule has 1 heterocycles. The highest BCUT2D eigenvalue weighted by molar-refractivity contribution is 5.34. The van der Waals surface area contributed by atoms with Gasteiger partial charge in [-0.25, -0.2) is 0 Å². The predicted octanol–water partition coefficient (Wildman–Crippen LogP) is 4.12. The average Bonchev–Trinajstić information content (AvgIpc) is 3.02. The fraction of sp³-hybridized carbons (Fsp3) is 0.625. The zero-order chi connectivity index (χ0) is 13.5. The topological polar surface area (TPSA) is 32.8 Å². The normalized spacial score (nSPS) is 31.4. The zero-order valence-electron chi connectivity index (χ0n) is 11.5. The minimum absolute atomic E-state index is 0.382. The van der Waals surface area contributed by atoms with Gasteiger partial charge in [0.05, 0.1) is 0 Å². The molecule has 0 aromatic rings. The van der Waals surface area contributed by atoms with Gasteiger partial charge in [-0.1, -0.05) is 57.6 Å². The van der Waals surface area contributed by atoms with Crippen LogP contribution in [0.15, 0.2) is 37.5 Å². The molecule has 2 rings (SSSR count). The Bertz CT molecular complexity index is 308. The second-order valence-electron chi connectivity index (χ2n) is 4.92. The maximum Gasteiger partial charge on any atom is 0.220 e. The second kappa shape index (κ2) is 6.91. The lowest BCUT2D eigenvalue weighted by Crippen LogP contribution is -2.23. The molecule has 0 radical (unpaired) electrons. The SMILES string of the molecule is C=C.CCCCCCCCC12C=CC=CC1(O)O2. The van der Waals surface area contributed by atoms with Crippen LogP contribution in [-0.2, 0) is 4.74 Å². The molecule has 0 amide bonds. The number of unbranched alkanes of at least 4 members (excludes halogenated alkanes) is 5. The fourth-order valence-electron chi connectivity index (χ4n) is 2.46. The first-order chi connectivity index (χ1) is 8.72. The lowest BCUT2D eigenvalue weighted by Gasteiger charge is -2.11. The summed E-state index contributed by atoms with van der Waals surface area (Å²) >= 11 is 0. The van der Waals surface area contributed by atoms with E-state index in [1.165, 1.54) is 32.1 Å². The number of rotatable bonds is 7. The van der Waals surface area contributed by atoms with Crippen molar-refractivity contribution in [1.29, 1.82) is 0 Å². The molecule has 0 spiro atoms. The molecule has 18 heavy (non-hydrogen) atoms. The minimum atomic E-state index is -0.981. The van der Waals surface area contributed by atoms with Crippen molar-refractivity contribution in [3.8, 4) is 0 Å². The number of epoxide rings is 1. The van der Waals surface area contributed by atoms with Gasteiger partial charge in [0.1, 0.15) is 5.60 Å². The Labute approximate surface area is 111 Å². The summed E-state index contributed by atoms with van der Waals surface area (Å²) in [4.78, 5) is 0. The van der Waals surface area contributed by atoms with Crippen molar-refractivity contribution < 1.29 is 9.84 Å². The molecule has 0 bridgehead atoms. The highest BCUT2D eigenvalue weighted by Gasteiger charge is 2.66. The van der Waals surface area contributed by atoms with Crippen molar-refractivity contribution in [3.63, 3.8) is 0 Å². The monoisotopic (exact) mass is 250 g/mol. The molecule has 2 atom stereocenters. The number of ether oxygens (including phenoxy) is 1. The molecule has 1 N–H and O–H groups in total. The van der Waals surface area contributed by atoms with Gasteiger partial charge < -0.3 is 9.84 Å². The smallest absolute Gasteiger partial charge is 0.220 e. The first-order valence-electron chi connectivity index (χ1n) is 7.02. The summed E-state index contributed by atoms with van der Waals surface area (Å²) in [7, 11) is 0. The molecular formula is C16H26O2. The summed E-state index contributed by atoms with van der Waals surface area (Å²) in [5.41, 5.74) is -0.382. The molecule has 102 valence electrons. The second-order valence-corrected chi connectivity index (χ2v) is 4.92. The van der Waals surface area contributed by atoms with Gasteiger partial charge in [-0.15, -0.1) is 13.2 Å². The van der Waals surface area contributed by atoms with Crippen molar-refractivity contribution >= 4 is 0 Å². The lowest BCUT2D eigenvalue weighted by atomic mass is 9.91. The Morgan fingerprint density at radius 1 is 1.00 bits per heavy atom. The van der Waals surface area contributed by atoms with Crippen LogP contribution in [0.3, 0.4) is 0 Å². The molecule has 2 nitrogen and oxygen atoms in total. The van der Waals surface area contributed by atoms with Gasteiger partial charge >= 0.3 is 0 Å². The van der Waals surface area contributed by atoms with Crippen LogP contribution in [-0.4, -0.2) is 16.5 Å². The van der Waals surface area contributed by atoms with Crippen LogP contribution in [0.2, 0.25) is 0 Å². The molecule has 2 aliphatic rings. The summed E-state index contributed by atoms with van der Waals surface area (Å²) in [6, 6.07) is 0. The molecule has 0 aromatic heterocycles. The minimum Gasteiger partial charge on any atom is -0.360 e. The van der Waals surface area contributed by atoms with E-state index in [0.717, 1.165) is 12.8 Å². The molecule has 1 fully saturated rings. The summed E-state index contributed by atoms with van der Waals surface area (Å²) in [5.74, 6) is -0.981. The van der Waals surface area contributed by atoms with Crippen molar-refractivity contribution in [2.24, 2.45) is 0 Å². The molecule has 1 aliphatic carbocycles. The van der Waals surface area contributed by atoms with E-state index in [1.807, 2.05) is 18.2 Å². The average molecular weight is 250 g/mol. The van der Waals surface area contributed by atoms with Gasteiger partial charge in [0.15, 0.2) is 0 Å². The van der Waals surface area contributed by atoms with Crippen LogP contribution in [0.5, 0.6) is 0 Å². The molecule has 0 aromatic carbocycles. The van der Waals surface area contributed by atoms with E-state index in [9.17, 15) is 5.11 Å². The molecule has 2 heteroatoms. The zero-order valence-corrected chi connectivity index (χ0v) is 11.5. The highest BCUT2D eigenvalue weighted by atomic mass is 16.7. The van der Waals surface area contributed by atoms with Crippen molar-refractivity contribution in [2.45, 2.75) is 63.3 Å². The van der Waals surface area contributed by atoms with Crippen LogP contribution < -0.4 is 0 Å². The lowest BCUT2D eigenvalue weighted by molar-refractivity contribution is 0.0825. The van der Waals surface area contributed by atoms with E-state index < -0.39 is 5.79 Å². The van der Waals surface area contributed by atoms with Crippen LogP contribution in [0.1, 0.15) is 51.9 Å². The number of aliphatic hydroxyl groups is 1. The van der Waals surface area contributed by atoms with Crippen LogP contribution >= 0.6 is 0 Å². The van der Waals surface area contributed by atoms with E-state index in [0.29, 0.717) is 0 Å². The van der Waals surface area contributed by atoms with E-state index >= 15 is 0 Å². The van der Waals surface area contributed by atoms with Gasteiger partial charge in [-0.3, -0.25) is 0 Å². The van der Waals surface area contributed by atoms with Crippen LogP contribution in [0.4, 0.5) is 0 Å². The predicted molar refractivity (Wildman–Crippen MR) is 76.3 cm³/mol. The third-order valence-corrected chi connectivity index (χ3v) is 3.60. The van der Waals surface area contributed by atoms with E-state index in [1.54, 1.807) is 6.08 Å². The Morgan fingerprint density at radius 2 is 1.61 bits per heavy atom. The molecule has 1 aliphatic heterocycles. The number of allylic oxidation sites excluding steroid dienone is 2. The number of hydrogen-bond donors (Lipinski definition) is 1. The Hall–Kier alpha value is -0.860. The summed E-state index contributed by atoms with van der Waals surface area (Å²) < 4.78 is 5.46. The molecule has 1 saturated heterocycles. The standard InChI is InChI=1S/C14H22O2.C2H4/c1-2-3-4-5-6-7-10-13-11-8-9-12-14(13,15)16-13;1-2/h8-9,11-12,15H,2-7,10H2,1H3;1-2H2. The number of hydrogen-bond acceptors (Lipinski definition) is 2. The van der Waals surface area contributed by atoms with Crippen molar-refractivity contribution in [3.05, 3.63) is 37.5 Å². The van der Waals surface area contributed by atoms with E-state index in [2.05, 4.69) is 20.1 Å². The van der Waals surface area contributed by atoms with Crippen molar-refractivity contribution in [2.75, 3.05) is 0 Å². The summed E-state index contributed by atoms with van der Waals surface area (Å²) in [5, 5.41) is 9.98. The molecule has 2 unspecified atom stereocenters. The maximum absolute atomic E-state index is 9.98.